The number of nitrogens with one attached hydrogen (secondary N) is 1. The Labute approximate surface area is 167 Å². The lowest BCUT2D eigenvalue weighted by Crippen LogP contribution is -2.50. The minimum atomic E-state index is -1.16. The molecule has 1 aliphatic rings. The molecule has 3 rings (SSSR count). The molecule has 0 spiro atoms. The molecule has 156 valence electrons. The van der Waals surface area contributed by atoms with Gasteiger partial charge >= 0.3 is 12.0 Å². The molecular formula is C20H24F2N4O3. The number of rotatable bonds is 3. The molecule has 1 atom stereocenters. The van der Waals surface area contributed by atoms with Crippen molar-refractivity contribution in [2.45, 2.75) is 39.8 Å². The molecule has 7 nitrogen and oxygen atoms in total. The summed E-state index contributed by atoms with van der Waals surface area (Å²) in [4.78, 5) is 26.5. The SMILES string of the molecule is CN1CCc2c(c(-c3cc(F)ccc3F)nn2C(=O)N[C@H](C(=O)O)C(C)(C)C)C1. The van der Waals surface area contributed by atoms with Crippen molar-refractivity contribution in [3.8, 4) is 11.3 Å². The number of aromatic nitrogens is 2. The number of hydrogen-bond acceptors (Lipinski definition) is 4. The first-order valence-electron chi connectivity index (χ1n) is 9.27. The molecule has 1 aromatic carbocycles. The van der Waals surface area contributed by atoms with E-state index in [1.54, 1.807) is 20.8 Å². The van der Waals surface area contributed by atoms with Gasteiger partial charge in [0.2, 0.25) is 0 Å². The minimum absolute atomic E-state index is 0.0336. The number of halogens is 2. The van der Waals surface area contributed by atoms with Gasteiger partial charge in [0, 0.05) is 30.6 Å². The van der Waals surface area contributed by atoms with Gasteiger partial charge in [-0.25, -0.2) is 18.4 Å². The number of amides is 1. The summed E-state index contributed by atoms with van der Waals surface area (Å²) in [6.45, 7) is 6.17. The van der Waals surface area contributed by atoms with Crippen LogP contribution in [-0.2, 0) is 17.8 Å². The predicted molar refractivity (Wildman–Crippen MR) is 102 cm³/mol. The van der Waals surface area contributed by atoms with Crippen molar-refractivity contribution < 1.29 is 23.5 Å². The average molecular weight is 406 g/mol. The molecule has 0 aliphatic carbocycles. The number of carboxylic acid groups (broad SMARTS) is 1. The van der Waals surface area contributed by atoms with Gasteiger partial charge in [0.25, 0.3) is 0 Å². The maximum absolute atomic E-state index is 14.4. The van der Waals surface area contributed by atoms with E-state index in [0.29, 0.717) is 30.8 Å². The normalized spacial score (nSPS) is 15.7. The number of fused-ring (bicyclic) bond motifs is 1. The van der Waals surface area contributed by atoms with Gasteiger partial charge in [-0.05, 0) is 30.7 Å². The van der Waals surface area contributed by atoms with Crippen molar-refractivity contribution in [2.24, 2.45) is 5.41 Å². The number of carboxylic acids is 1. The summed E-state index contributed by atoms with van der Waals surface area (Å²) in [5.74, 6) is -2.43. The first-order valence-corrected chi connectivity index (χ1v) is 9.27. The van der Waals surface area contributed by atoms with Crippen molar-refractivity contribution in [1.29, 1.82) is 0 Å². The maximum atomic E-state index is 14.4. The topological polar surface area (TPSA) is 87.5 Å². The largest absolute Gasteiger partial charge is 0.480 e. The highest BCUT2D eigenvalue weighted by atomic mass is 19.1. The zero-order valence-electron chi connectivity index (χ0n) is 16.8. The number of benzene rings is 1. The average Bonchev–Trinajstić information content (AvgIpc) is 2.98. The van der Waals surface area contributed by atoms with Gasteiger partial charge in [-0.3, -0.25) is 0 Å². The van der Waals surface area contributed by atoms with Gasteiger partial charge < -0.3 is 15.3 Å². The molecule has 1 aromatic heterocycles. The van der Waals surface area contributed by atoms with Crippen molar-refractivity contribution in [3.63, 3.8) is 0 Å². The summed E-state index contributed by atoms with van der Waals surface area (Å²) < 4.78 is 29.2. The molecule has 2 heterocycles. The summed E-state index contributed by atoms with van der Waals surface area (Å²) >= 11 is 0. The van der Waals surface area contributed by atoms with Crippen LogP contribution in [0.5, 0.6) is 0 Å². The quantitative estimate of drug-likeness (QED) is 0.819. The van der Waals surface area contributed by atoms with E-state index in [-0.39, 0.29) is 11.3 Å². The van der Waals surface area contributed by atoms with Gasteiger partial charge in [0.1, 0.15) is 23.4 Å². The van der Waals surface area contributed by atoms with Crippen LogP contribution in [-0.4, -0.2) is 51.4 Å². The van der Waals surface area contributed by atoms with E-state index in [2.05, 4.69) is 10.4 Å². The minimum Gasteiger partial charge on any atom is -0.480 e. The Balaban J connectivity index is 2.08. The molecule has 0 radical (unpaired) electrons. The monoisotopic (exact) mass is 406 g/mol. The lowest BCUT2D eigenvalue weighted by atomic mass is 9.87. The Morgan fingerprint density at radius 2 is 1.97 bits per heavy atom. The highest BCUT2D eigenvalue weighted by molar-refractivity contribution is 5.85. The van der Waals surface area contributed by atoms with Crippen LogP contribution >= 0.6 is 0 Å². The highest BCUT2D eigenvalue weighted by Gasteiger charge is 2.35. The van der Waals surface area contributed by atoms with Crippen LogP contribution in [0.2, 0.25) is 0 Å². The van der Waals surface area contributed by atoms with Gasteiger partial charge in [-0.2, -0.15) is 9.78 Å². The molecule has 2 N–H and O–H groups in total. The molecule has 1 aliphatic heterocycles. The van der Waals surface area contributed by atoms with E-state index < -0.39 is 35.1 Å². The van der Waals surface area contributed by atoms with Crippen LogP contribution in [0.3, 0.4) is 0 Å². The van der Waals surface area contributed by atoms with Crippen LogP contribution in [0.1, 0.15) is 32.0 Å². The summed E-state index contributed by atoms with van der Waals surface area (Å²) in [5, 5.41) is 16.3. The first kappa shape index (κ1) is 20.9. The summed E-state index contributed by atoms with van der Waals surface area (Å²) in [6, 6.07) is 1.22. The molecule has 1 amide bonds. The van der Waals surface area contributed by atoms with Crippen LogP contribution in [0.4, 0.5) is 13.6 Å². The number of nitrogens with zero attached hydrogens (tertiary/aromatic N) is 3. The molecule has 2 aromatic rings. The molecule has 29 heavy (non-hydrogen) atoms. The Morgan fingerprint density at radius 1 is 1.28 bits per heavy atom. The van der Waals surface area contributed by atoms with Gasteiger partial charge in [-0.1, -0.05) is 20.8 Å². The van der Waals surface area contributed by atoms with E-state index in [4.69, 9.17) is 0 Å². The zero-order valence-corrected chi connectivity index (χ0v) is 16.8. The van der Waals surface area contributed by atoms with E-state index in [1.165, 1.54) is 0 Å². The van der Waals surface area contributed by atoms with Crippen molar-refractivity contribution in [1.82, 2.24) is 20.0 Å². The van der Waals surface area contributed by atoms with Crippen LogP contribution in [0, 0.1) is 17.0 Å². The molecule has 0 bridgehead atoms. The Kier molecular flexibility index (Phi) is 5.44. The summed E-state index contributed by atoms with van der Waals surface area (Å²) in [7, 11) is 1.88. The number of hydrogen-bond donors (Lipinski definition) is 2. The standard InChI is InChI=1S/C20H24F2N4O3/c1-20(2,3)17(18(27)28)23-19(29)26-15-7-8-25(4)10-13(15)16(24-26)12-9-11(21)5-6-14(12)22/h5-6,9,17H,7-8,10H2,1-4H3,(H,23,29)(H,27,28)/t17-/m1/s1. The maximum Gasteiger partial charge on any atom is 0.343 e. The first-order chi connectivity index (χ1) is 13.5. The second-order valence-corrected chi connectivity index (χ2v) is 8.38. The van der Waals surface area contributed by atoms with E-state index in [1.807, 2.05) is 11.9 Å². The summed E-state index contributed by atoms with van der Waals surface area (Å²) in [6.07, 6.45) is 0.469. The van der Waals surface area contributed by atoms with E-state index >= 15 is 0 Å². The van der Waals surface area contributed by atoms with Gasteiger partial charge in [-0.15, -0.1) is 0 Å². The second kappa shape index (κ2) is 7.55. The lowest BCUT2D eigenvalue weighted by Gasteiger charge is -2.28. The number of carbonyl (C=O) groups excluding carboxylic acids is 1. The number of likely N-dealkylation sites (N-methyl/N-ethyl adjacent to an activating group) is 1. The second-order valence-electron chi connectivity index (χ2n) is 8.38. The third-order valence-corrected chi connectivity index (χ3v) is 5.00. The molecule has 9 heteroatoms. The Bertz CT molecular complexity index is 965. The smallest absolute Gasteiger partial charge is 0.343 e. The fraction of sp³-hybridized carbons (Fsp3) is 0.450. The Hall–Kier alpha value is -2.81. The molecule has 0 fully saturated rings. The predicted octanol–water partition coefficient (Wildman–Crippen LogP) is 2.87. The third-order valence-electron chi connectivity index (χ3n) is 5.00. The van der Waals surface area contributed by atoms with Crippen molar-refractivity contribution in [2.75, 3.05) is 13.6 Å². The van der Waals surface area contributed by atoms with Gasteiger partial charge in [0.05, 0.1) is 5.69 Å². The molecule has 0 saturated heterocycles. The highest BCUT2D eigenvalue weighted by Crippen LogP contribution is 2.32. The molecule has 0 unspecified atom stereocenters. The van der Waals surface area contributed by atoms with Crippen molar-refractivity contribution >= 4 is 12.0 Å². The van der Waals surface area contributed by atoms with Crippen LogP contribution < -0.4 is 5.32 Å². The fourth-order valence-corrected chi connectivity index (χ4v) is 3.45. The molecular weight excluding hydrogens is 382 g/mol. The number of carbonyl (C=O) groups is 2. The fourth-order valence-electron chi connectivity index (χ4n) is 3.45. The summed E-state index contributed by atoms with van der Waals surface area (Å²) in [5.41, 5.74) is 0.611. The van der Waals surface area contributed by atoms with E-state index in [9.17, 15) is 23.5 Å². The van der Waals surface area contributed by atoms with Crippen molar-refractivity contribution in [3.05, 3.63) is 41.1 Å². The third kappa shape index (κ3) is 4.14. The lowest BCUT2D eigenvalue weighted by molar-refractivity contribution is -0.141. The Morgan fingerprint density at radius 3 is 2.59 bits per heavy atom. The zero-order chi connectivity index (χ0) is 21.5. The van der Waals surface area contributed by atoms with Crippen LogP contribution in [0.25, 0.3) is 11.3 Å². The van der Waals surface area contributed by atoms with Gasteiger partial charge in [0.15, 0.2) is 0 Å². The van der Waals surface area contributed by atoms with E-state index in [0.717, 1.165) is 22.9 Å². The molecule has 0 saturated carbocycles. The number of aliphatic carboxylic acids is 1. The van der Waals surface area contributed by atoms with Crippen LogP contribution in [0.15, 0.2) is 18.2 Å².